The SMILES string of the molecule is COc1cc(-c2c(C)cc3c(c2NC2=NCC(C(=O)O)(c4ccon4)O2)CCC3)ccn1. The molecule has 2 aliphatic rings. The first-order valence-electron chi connectivity index (χ1n) is 10.3. The van der Waals surface area contributed by atoms with E-state index in [2.05, 4.69) is 33.4 Å². The van der Waals surface area contributed by atoms with Crippen LogP contribution in [0.5, 0.6) is 5.88 Å². The summed E-state index contributed by atoms with van der Waals surface area (Å²) in [5.41, 5.74) is 4.77. The van der Waals surface area contributed by atoms with E-state index in [4.69, 9.17) is 14.0 Å². The number of hydrogen-bond acceptors (Lipinski definition) is 8. The van der Waals surface area contributed by atoms with Crippen LogP contribution in [0.25, 0.3) is 11.1 Å². The Bertz CT molecular complexity index is 1220. The molecule has 2 aromatic heterocycles. The van der Waals surface area contributed by atoms with Crippen molar-refractivity contribution in [3.8, 4) is 17.0 Å². The number of aromatic nitrogens is 2. The van der Waals surface area contributed by atoms with Gasteiger partial charge in [0.1, 0.15) is 18.5 Å². The van der Waals surface area contributed by atoms with Gasteiger partial charge in [-0.05, 0) is 54.5 Å². The van der Waals surface area contributed by atoms with Crippen LogP contribution in [0.3, 0.4) is 0 Å². The number of fused-ring (bicyclic) bond motifs is 1. The number of nitrogens with zero attached hydrogens (tertiary/aromatic N) is 3. The maximum atomic E-state index is 12.1. The Morgan fingerprint density at radius 3 is 2.91 bits per heavy atom. The van der Waals surface area contributed by atoms with Gasteiger partial charge in [0.2, 0.25) is 5.88 Å². The number of anilines is 1. The molecule has 164 valence electrons. The van der Waals surface area contributed by atoms with Crippen molar-refractivity contribution in [1.82, 2.24) is 10.1 Å². The van der Waals surface area contributed by atoms with Crippen LogP contribution in [0.1, 0.15) is 28.8 Å². The Kier molecular flexibility index (Phi) is 4.80. The summed E-state index contributed by atoms with van der Waals surface area (Å²) in [6.45, 7) is 1.95. The number of nitrogens with one attached hydrogen (secondary N) is 1. The standard InChI is InChI=1S/C23H22N4O5/c1-13-10-14-4-3-5-16(14)20(19(13)15-6-8-24-18(11-15)30-2)26-22-25-12-23(32-22,21(28)29)17-7-9-31-27-17/h6-11H,3-5,12H2,1-2H3,(H,25,26)(H,28,29). The summed E-state index contributed by atoms with van der Waals surface area (Å²) in [6.07, 6.45) is 5.98. The number of pyridine rings is 1. The monoisotopic (exact) mass is 434 g/mol. The van der Waals surface area contributed by atoms with E-state index >= 15 is 0 Å². The number of carbonyl (C=O) groups is 1. The number of benzene rings is 1. The second-order valence-electron chi connectivity index (χ2n) is 7.89. The smallest absolute Gasteiger partial charge is 0.356 e. The molecule has 3 heterocycles. The lowest BCUT2D eigenvalue weighted by Crippen LogP contribution is -2.40. The predicted molar refractivity (Wildman–Crippen MR) is 116 cm³/mol. The van der Waals surface area contributed by atoms with E-state index in [1.807, 2.05) is 12.1 Å². The third-order valence-electron chi connectivity index (χ3n) is 5.98. The number of carboxylic acids is 1. The molecule has 32 heavy (non-hydrogen) atoms. The molecule has 0 fully saturated rings. The fourth-order valence-corrected chi connectivity index (χ4v) is 4.44. The normalized spacial score (nSPS) is 19.2. The summed E-state index contributed by atoms with van der Waals surface area (Å²) < 4.78 is 16.0. The minimum Gasteiger partial charge on any atom is -0.481 e. The Hall–Kier alpha value is -3.88. The lowest BCUT2D eigenvalue weighted by atomic mass is 9.93. The van der Waals surface area contributed by atoms with Gasteiger partial charge in [-0.3, -0.25) is 0 Å². The van der Waals surface area contributed by atoms with Crippen molar-refractivity contribution in [2.45, 2.75) is 31.8 Å². The van der Waals surface area contributed by atoms with Gasteiger partial charge in [0.25, 0.3) is 11.6 Å². The van der Waals surface area contributed by atoms with Crippen LogP contribution in [0, 0.1) is 6.92 Å². The Labute approximate surface area is 184 Å². The largest absolute Gasteiger partial charge is 0.481 e. The number of aliphatic carboxylic acids is 1. The average Bonchev–Trinajstić information content (AvgIpc) is 3.54. The Morgan fingerprint density at radius 2 is 2.16 bits per heavy atom. The van der Waals surface area contributed by atoms with E-state index in [1.165, 1.54) is 23.5 Å². The number of hydrogen-bond donors (Lipinski definition) is 2. The summed E-state index contributed by atoms with van der Waals surface area (Å²) in [5, 5.41) is 17.0. The van der Waals surface area contributed by atoms with Crippen molar-refractivity contribution >= 4 is 17.7 Å². The Balaban J connectivity index is 1.56. The third-order valence-corrected chi connectivity index (χ3v) is 5.98. The summed E-state index contributed by atoms with van der Waals surface area (Å²) in [5.74, 6) is -0.667. The van der Waals surface area contributed by atoms with Crippen molar-refractivity contribution in [3.05, 3.63) is 59.1 Å². The summed E-state index contributed by atoms with van der Waals surface area (Å²) in [6, 6.07) is 7.63. The van der Waals surface area contributed by atoms with E-state index in [-0.39, 0.29) is 18.3 Å². The minimum atomic E-state index is -1.72. The van der Waals surface area contributed by atoms with Gasteiger partial charge in [-0.15, -0.1) is 0 Å². The first kappa shape index (κ1) is 20.0. The number of ether oxygens (including phenoxy) is 2. The van der Waals surface area contributed by atoms with Crippen molar-refractivity contribution < 1.29 is 23.9 Å². The molecule has 3 aromatic rings. The molecule has 1 aromatic carbocycles. The second-order valence-corrected chi connectivity index (χ2v) is 7.89. The summed E-state index contributed by atoms with van der Waals surface area (Å²) >= 11 is 0. The molecular formula is C23H22N4O5. The first-order valence-corrected chi connectivity index (χ1v) is 10.3. The van der Waals surface area contributed by atoms with E-state index in [0.717, 1.165) is 41.6 Å². The number of carboxylic acid groups (broad SMARTS) is 1. The van der Waals surface area contributed by atoms with Gasteiger partial charge in [0.05, 0.1) is 12.8 Å². The van der Waals surface area contributed by atoms with E-state index in [9.17, 15) is 9.90 Å². The van der Waals surface area contributed by atoms with Crippen LogP contribution in [-0.4, -0.2) is 40.9 Å². The molecule has 1 aliphatic carbocycles. The highest BCUT2D eigenvalue weighted by Crippen LogP contribution is 2.41. The molecule has 0 radical (unpaired) electrons. The quantitative estimate of drug-likeness (QED) is 0.628. The van der Waals surface area contributed by atoms with Gasteiger partial charge in [-0.25, -0.2) is 14.8 Å². The molecule has 0 spiro atoms. The number of methoxy groups -OCH3 is 1. The van der Waals surface area contributed by atoms with Gasteiger partial charge < -0.3 is 24.4 Å². The highest BCUT2D eigenvalue weighted by molar-refractivity contribution is 6.00. The third kappa shape index (κ3) is 3.17. The molecule has 9 heteroatoms. The average molecular weight is 434 g/mol. The van der Waals surface area contributed by atoms with Crippen molar-refractivity contribution in [1.29, 1.82) is 0 Å². The number of aryl methyl sites for hydroxylation is 2. The van der Waals surface area contributed by atoms with E-state index in [0.29, 0.717) is 5.88 Å². The second kappa shape index (κ2) is 7.67. The number of rotatable bonds is 5. The molecule has 2 N–H and O–H groups in total. The van der Waals surface area contributed by atoms with Crippen molar-refractivity contribution in [2.24, 2.45) is 4.99 Å². The van der Waals surface area contributed by atoms with Gasteiger partial charge in [-0.1, -0.05) is 11.2 Å². The van der Waals surface area contributed by atoms with Crippen LogP contribution in [0.15, 0.2) is 46.2 Å². The van der Waals surface area contributed by atoms with E-state index in [1.54, 1.807) is 13.3 Å². The molecule has 5 rings (SSSR count). The van der Waals surface area contributed by atoms with Crippen LogP contribution in [-0.2, 0) is 28.0 Å². The molecule has 0 bridgehead atoms. The fraction of sp³-hybridized carbons (Fsp3) is 0.304. The molecule has 1 unspecified atom stereocenters. The molecule has 1 aliphatic heterocycles. The molecule has 1 atom stereocenters. The molecular weight excluding hydrogens is 412 g/mol. The topological polar surface area (TPSA) is 119 Å². The maximum absolute atomic E-state index is 12.1. The number of amidine groups is 1. The highest BCUT2D eigenvalue weighted by Gasteiger charge is 2.50. The molecule has 0 saturated heterocycles. The maximum Gasteiger partial charge on any atom is 0.356 e. The van der Waals surface area contributed by atoms with Crippen molar-refractivity contribution in [2.75, 3.05) is 19.0 Å². The summed E-state index contributed by atoms with van der Waals surface area (Å²) in [7, 11) is 1.58. The zero-order valence-electron chi connectivity index (χ0n) is 17.7. The predicted octanol–water partition coefficient (Wildman–Crippen LogP) is 3.32. The van der Waals surface area contributed by atoms with Gasteiger partial charge in [0.15, 0.2) is 0 Å². The first-order chi connectivity index (χ1) is 15.5. The van der Waals surface area contributed by atoms with Crippen LogP contribution in [0.2, 0.25) is 0 Å². The lowest BCUT2D eigenvalue weighted by molar-refractivity contribution is -0.155. The number of aliphatic imine (C=N–C) groups is 1. The van der Waals surface area contributed by atoms with Gasteiger partial charge >= 0.3 is 5.97 Å². The van der Waals surface area contributed by atoms with Gasteiger partial charge in [0, 0.05) is 23.9 Å². The van der Waals surface area contributed by atoms with E-state index < -0.39 is 11.6 Å². The molecule has 0 saturated carbocycles. The van der Waals surface area contributed by atoms with Crippen molar-refractivity contribution in [3.63, 3.8) is 0 Å². The lowest BCUT2D eigenvalue weighted by Gasteiger charge is -2.23. The van der Waals surface area contributed by atoms with Crippen LogP contribution in [0.4, 0.5) is 5.69 Å². The zero-order valence-corrected chi connectivity index (χ0v) is 17.7. The Morgan fingerprint density at radius 1 is 1.28 bits per heavy atom. The zero-order chi connectivity index (χ0) is 22.3. The summed E-state index contributed by atoms with van der Waals surface area (Å²) in [4.78, 5) is 20.7. The fourth-order valence-electron chi connectivity index (χ4n) is 4.44. The van der Waals surface area contributed by atoms with Crippen LogP contribution < -0.4 is 10.1 Å². The van der Waals surface area contributed by atoms with Crippen LogP contribution >= 0.6 is 0 Å². The molecule has 9 nitrogen and oxygen atoms in total. The molecule has 0 amide bonds. The highest BCUT2D eigenvalue weighted by atomic mass is 16.6. The minimum absolute atomic E-state index is 0.108. The van der Waals surface area contributed by atoms with Gasteiger partial charge in [-0.2, -0.15) is 0 Å².